The summed E-state index contributed by atoms with van der Waals surface area (Å²) >= 11 is 0. The van der Waals surface area contributed by atoms with Crippen LogP contribution in [0.2, 0.25) is 0 Å². The summed E-state index contributed by atoms with van der Waals surface area (Å²) < 4.78 is 5.75. The lowest BCUT2D eigenvalue weighted by Gasteiger charge is -2.16. The second kappa shape index (κ2) is 8.00. The fourth-order valence-electron chi connectivity index (χ4n) is 2.68. The Hall–Kier alpha value is -1.59. The van der Waals surface area contributed by atoms with Crippen molar-refractivity contribution in [3.63, 3.8) is 0 Å². The van der Waals surface area contributed by atoms with Gasteiger partial charge in [0.15, 0.2) is 0 Å². The van der Waals surface area contributed by atoms with E-state index in [2.05, 4.69) is 10.2 Å². The Morgan fingerprint density at radius 1 is 1.52 bits per heavy atom. The molecule has 2 rings (SSSR count). The minimum Gasteiger partial charge on any atom is -0.494 e. The Morgan fingerprint density at radius 2 is 2.38 bits per heavy atom. The van der Waals surface area contributed by atoms with E-state index in [0.717, 1.165) is 43.8 Å². The molecule has 0 aliphatic carbocycles. The van der Waals surface area contributed by atoms with Gasteiger partial charge in [0.05, 0.1) is 6.61 Å². The van der Waals surface area contributed by atoms with Crippen molar-refractivity contribution in [2.24, 2.45) is 5.73 Å². The summed E-state index contributed by atoms with van der Waals surface area (Å²) in [6.07, 6.45) is 2.03. The zero-order chi connectivity index (χ0) is 15.1. The van der Waals surface area contributed by atoms with Crippen molar-refractivity contribution in [2.75, 3.05) is 26.2 Å². The maximum absolute atomic E-state index is 11.0. The third-order valence-corrected chi connectivity index (χ3v) is 3.70. The molecule has 0 spiro atoms. The molecule has 1 amide bonds. The average molecular weight is 291 g/mol. The van der Waals surface area contributed by atoms with Crippen LogP contribution in [-0.2, 0) is 11.3 Å². The number of hydrogen-bond donors (Lipinski definition) is 2. The quantitative estimate of drug-likeness (QED) is 0.739. The van der Waals surface area contributed by atoms with Gasteiger partial charge in [-0.05, 0) is 30.5 Å². The van der Waals surface area contributed by atoms with E-state index >= 15 is 0 Å². The first-order valence-electron chi connectivity index (χ1n) is 7.58. The monoisotopic (exact) mass is 291 g/mol. The molecule has 5 heteroatoms. The summed E-state index contributed by atoms with van der Waals surface area (Å²) in [7, 11) is 0. The molecule has 5 nitrogen and oxygen atoms in total. The van der Waals surface area contributed by atoms with Gasteiger partial charge in [0.1, 0.15) is 5.75 Å². The summed E-state index contributed by atoms with van der Waals surface area (Å²) in [4.78, 5) is 13.4. The molecule has 0 radical (unpaired) electrons. The second-order valence-electron chi connectivity index (χ2n) is 5.54. The van der Waals surface area contributed by atoms with Gasteiger partial charge in [-0.1, -0.05) is 12.1 Å². The predicted octanol–water partition coefficient (Wildman–Crippen LogP) is 1.12. The number of hydrogen-bond acceptors (Lipinski definition) is 4. The Balaban J connectivity index is 1.63. The Labute approximate surface area is 126 Å². The number of nitrogens with one attached hydrogen (secondary N) is 1. The third kappa shape index (κ3) is 5.36. The van der Waals surface area contributed by atoms with E-state index in [-0.39, 0.29) is 5.91 Å². The van der Waals surface area contributed by atoms with Crippen molar-refractivity contribution >= 4 is 5.91 Å². The molecule has 116 valence electrons. The number of rotatable bonds is 7. The first-order valence-corrected chi connectivity index (χ1v) is 7.58. The van der Waals surface area contributed by atoms with Gasteiger partial charge in [-0.25, -0.2) is 0 Å². The largest absolute Gasteiger partial charge is 0.494 e. The van der Waals surface area contributed by atoms with Crippen molar-refractivity contribution in [1.29, 1.82) is 0 Å². The molecular formula is C16H25N3O2. The summed E-state index contributed by atoms with van der Waals surface area (Å²) in [6, 6.07) is 8.23. The van der Waals surface area contributed by atoms with E-state index < -0.39 is 0 Å². The van der Waals surface area contributed by atoms with E-state index in [0.29, 0.717) is 19.2 Å². The van der Waals surface area contributed by atoms with Gasteiger partial charge < -0.3 is 20.7 Å². The van der Waals surface area contributed by atoms with Crippen molar-refractivity contribution in [1.82, 2.24) is 10.2 Å². The van der Waals surface area contributed by atoms with E-state index in [1.807, 2.05) is 24.3 Å². The van der Waals surface area contributed by atoms with Crippen molar-refractivity contribution < 1.29 is 9.53 Å². The molecule has 1 aromatic rings. The minimum absolute atomic E-state index is 0.0602. The van der Waals surface area contributed by atoms with Crippen LogP contribution >= 0.6 is 0 Å². The summed E-state index contributed by atoms with van der Waals surface area (Å²) in [5, 5.41) is 2.98. The molecule has 1 aliphatic rings. The lowest BCUT2D eigenvalue weighted by Crippen LogP contribution is -2.35. The maximum Gasteiger partial charge on any atom is 0.217 e. The van der Waals surface area contributed by atoms with E-state index in [1.165, 1.54) is 0 Å². The van der Waals surface area contributed by atoms with Crippen LogP contribution in [0.4, 0.5) is 0 Å². The van der Waals surface area contributed by atoms with Crippen LogP contribution in [-0.4, -0.2) is 43.1 Å². The van der Waals surface area contributed by atoms with Crippen molar-refractivity contribution in [2.45, 2.75) is 32.4 Å². The Morgan fingerprint density at radius 3 is 3.14 bits per heavy atom. The first-order chi connectivity index (χ1) is 10.2. The number of ether oxygens (including phenoxy) is 1. The summed E-state index contributed by atoms with van der Waals surface area (Å²) in [6.45, 7) is 5.82. The molecule has 1 aromatic carbocycles. The number of carbonyl (C=O) groups is 1. The van der Waals surface area contributed by atoms with Gasteiger partial charge in [-0.2, -0.15) is 0 Å². The van der Waals surface area contributed by atoms with Crippen molar-refractivity contribution in [3.05, 3.63) is 29.8 Å². The highest BCUT2D eigenvalue weighted by atomic mass is 16.5. The molecule has 1 heterocycles. The minimum atomic E-state index is 0.0602. The van der Waals surface area contributed by atoms with Crippen molar-refractivity contribution in [3.8, 4) is 5.75 Å². The second-order valence-corrected chi connectivity index (χ2v) is 5.54. The standard InChI is InChI=1S/C16H25N3O2/c1-13(20)18-15-6-8-19(12-15)7-3-9-21-16-5-2-4-14(10-16)11-17/h2,4-5,10,15H,3,6-9,11-12,17H2,1H3,(H,18,20). The number of benzene rings is 1. The van der Waals surface area contributed by atoms with Gasteiger partial charge in [0.25, 0.3) is 0 Å². The van der Waals surface area contributed by atoms with Gasteiger partial charge >= 0.3 is 0 Å². The van der Waals surface area contributed by atoms with E-state index in [9.17, 15) is 4.79 Å². The number of likely N-dealkylation sites (tertiary alicyclic amines) is 1. The average Bonchev–Trinajstić information content (AvgIpc) is 2.90. The summed E-state index contributed by atoms with van der Waals surface area (Å²) in [5.41, 5.74) is 6.70. The molecule has 21 heavy (non-hydrogen) atoms. The normalized spacial score (nSPS) is 18.7. The zero-order valence-electron chi connectivity index (χ0n) is 12.7. The molecule has 0 saturated carbocycles. The van der Waals surface area contributed by atoms with E-state index in [4.69, 9.17) is 10.5 Å². The van der Waals surface area contributed by atoms with Gasteiger partial charge in [-0.3, -0.25) is 4.79 Å². The number of carbonyl (C=O) groups excluding carboxylic acids is 1. The SMILES string of the molecule is CC(=O)NC1CCN(CCCOc2cccc(CN)c2)C1. The van der Waals surface area contributed by atoms with Gasteiger partial charge in [-0.15, -0.1) is 0 Å². The maximum atomic E-state index is 11.0. The number of nitrogens with zero attached hydrogens (tertiary/aromatic N) is 1. The van der Waals surface area contributed by atoms with Gasteiger partial charge in [0.2, 0.25) is 5.91 Å². The zero-order valence-corrected chi connectivity index (χ0v) is 12.7. The molecular weight excluding hydrogens is 266 g/mol. The molecule has 1 unspecified atom stereocenters. The number of amides is 1. The molecule has 1 atom stereocenters. The van der Waals surface area contributed by atoms with Crippen LogP contribution in [0.1, 0.15) is 25.3 Å². The first kappa shape index (κ1) is 15.8. The molecule has 1 aliphatic heterocycles. The highest BCUT2D eigenvalue weighted by Crippen LogP contribution is 2.14. The highest BCUT2D eigenvalue weighted by molar-refractivity contribution is 5.73. The number of nitrogens with two attached hydrogens (primary N) is 1. The van der Waals surface area contributed by atoms with Crippen LogP contribution in [0, 0.1) is 0 Å². The van der Waals surface area contributed by atoms with E-state index in [1.54, 1.807) is 6.92 Å². The topological polar surface area (TPSA) is 67.6 Å². The van der Waals surface area contributed by atoms with Crippen LogP contribution < -0.4 is 15.8 Å². The Kier molecular flexibility index (Phi) is 6.02. The fourth-order valence-corrected chi connectivity index (χ4v) is 2.68. The molecule has 1 saturated heterocycles. The van der Waals surface area contributed by atoms with Crippen LogP contribution in [0.15, 0.2) is 24.3 Å². The van der Waals surface area contributed by atoms with Crippen LogP contribution in [0.25, 0.3) is 0 Å². The lowest BCUT2D eigenvalue weighted by molar-refractivity contribution is -0.119. The highest BCUT2D eigenvalue weighted by Gasteiger charge is 2.22. The van der Waals surface area contributed by atoms with Crippen LogP contribution in [0.5, 0.6) is 5.75 Å². The lowest BCUT2D eigenvalue weighted by atomic mass is 10.2. The smallest absolute Gasteiger partial charge is 0.217 e. The molecule has 0 bridgehead atoms. The third-order valence-electron chi connectivity index (χ3n) is 3.70. The fraction of sp³-hybridized carbons (Fsp3) is 0.562. The van der Waals surface area contributed by atoms with Gasteiger partial charge in [0, 0.05) is 39.1 Å². The predicted molar refractivity (Wildman–Crippen MR) is 83.1 cm³/mol. The molecule has 1 fully saturated rings. The Bertz CT molecular complexity index is 465. The summed E-state index contributed by atoms with van der Waals surface area (Å²) in [5.74, 6) is 0.945. The molecule has 0 aromatic heterocycles. The van der Waals surface area contributed by atoms with Crippen LogP contribution in [0.3, 0.4) is 0 Å². The molecule has 3 N–H and O–H groups in total.